The fourth-order valence-electron chi connectivity index (χ4n) is 3.29. The summed E-state index contributed by atoms with van der Waals surface area (Å²) in [5.41, 5.74) is 3.39. The molecule has 0 radical (unpaired) electrons. The second-order valence-electron chi connectivity index (χ2n) is 6.80. The average molecular weight is 353 g/mol. The van der Waals surface area contributed by atoms with Crippen LogP contribution >= 0.6 is 0 Å². The van der Waals surface area contributed by atoms with Gasteiger partial charge in [-0.05, 0) is 12.5 Å². The lowest BCUT2D eigenvalue weighted by Crippen LogP contribution is -2.29. The number of aliphatic hydroxyl groups is 1. The van der Waals surface area contributed by atoms with Crippen LogP contribution in [0.5, 0.6) is 5.75 Å². The molecule has 1 aromatic carbocycles. The molecular weight excluding hydrogens is 330 g/mol. The Bertz CT molecular complexity index is 845. The van der Waals surface area contributed by atoms with E-state index in [1.54, 1.807) is 6.20 Å². The van der Waals surface area contributed by atoms with Crippen LogP contribution in [0.15, 0.2) is 48.9 Å². The zero-order valence-corrected chi connectivity index (χ0v) is 14.7. The number of likely N-dealkylation sites (tertiary alicyclic amines) is 1. The van der Waals surface area contributed by atoms with E-state index in [2.05, 4.69) is 32.3 Å². The van der Waals surface area contributed by atoms with Crippen molar-refractivity contribution in [3.63, 3.8) is 0 Å². The SMILES string of the molecule is Cc1[nH]ncc1CN1C[C@@H](O)[C@H](Oc2cnn(Cc3ccccc3)c2)C1. The Balaban J connectivity index is 1.35. The Hall–Kier alpha value is -2.64. The van der Waals surface area contributed by atoms with Gasteiger partial charge >= 0.3 is 0 Å². The quantitative estimate of drug-likeness (QED) is 0.703. The Kier molecular flexibility index (Phi) is 4.73. The van der Waals surface area contributed by atoms with E-state index < -0.39 is 6.10 Å². The van der Waals surface area contributed by atoms with Gasteiger partial charge in [-0.25, -0.2) is 0 Å². The number of β-amino-alcohol motifs (C(OH)–C–C–N with tert-alkyl or cyclic N) is 1. The van der Waals surface area contributed by atoms with Crippen LogP contribution in [0.3, 0.4) is 0 Å². The Morgan fingerprint density at radius 2 is 2.04 bits per heavy atom. The van der Waals surface area contributed by atoms with E-state index in [1.165, 1.54) is 5.56 Å². The van der Waals surface area contributed by atoms with Crippen molar-refractivity contribution in [2.75, 3.05) is 13.1 Å². The first kappa shape index (κ1) is 16.8. The number of aromatic nitrogens is 4. The van der Waals surface area contributed by atoms with Crippen molar-refractivity contribution in [2.24, 2.45) is 0 Å². The lowest BCUT2D eigenvalue weighted by Gasteiger charge is -2.15. The van der Waals surface area contributed by atoms with Crippen LogP contribution in [-0.2, 0) is 13.1 Å². The van der Waals surface area contributed by atoms with E-state index in [0.29, 0.717) is 25.4 Å². The first-order valence-electron chi connectivity index (χ1n) is 8.79. The van der Waals surface area contributed by atoms with Crippen molar-refractivity contribution in [1.29, 1.82) is 0 Å². The predicted octanol–water partition coefficient (Wildman–Crippen LogP) is 1.59. The van der Waals surface area contributed by atoms with E-state index >= 15 is 0 Å². The summed E-state index contributed by atoms with van der Waals surface area (Å²) in [6.45, 7) is 4.73. The monoisotopic (exact) mass is 353 g/mol. The molecule has 1 fully saturated rings. The van der Waals surface area contributed by atoms with Gasteiger partial charge in [-0.1, -0.05) is 30.3 Å². The molecular formula is C19H23N5O2. The summed E-state index contributed by atoms with van der Waals surface area (Å²) in [7, 11) is 0. The van der Waals surface area contributed by atoms with E-state index in [-0.39, 0.29) is 6.10 Å². The molecule has 2 aromatic heterocycles. The maximum absolute atomic E-state index is 10.3. The van der Waals surface area contributed by atoms with Crippen LogP contribution in [0.2, 0.25) is 0 Å². The van der Waals surface area contributed by atoms with Gasteiger partial charge < -0.3 is 9.84 Å². The minimum absolute atomic E-state index is 0.253. The number of nitrogens with zero attached hydrogens (tertiary/aromatic N) is 4. The second-order valence-corrected chi connectivity index (χ2v) is 6.80. The van der Waals surface area contributed by atoms with Gasteiger partial charge in [-0.15, -0.1) is 0 Å². The van der Waals surface area contributed by atoms with Gasteiger partial charge in [0.15, 0.2) is 5.75 Å². The van der Waals surface area contributed by atoms with Crippen molar-refractivity contribution in [1.82, 2.24) is 24.9 Å². The third-order valence-corrected chi connectivity index (χ3v) is 4.73. The topological polar surface area (TPSA) is 79.2 Å². The molecule has 0 unspecified atom stereocenters. The summed E-state index contributed by atoms with van der Waals surface area (Å²) in [5.74, 6) is 0.686. The van der Waals surface area contributed by atoms with Crippen LogP contribution in [0.1, 0.15) is 16.8 Å². The molecule has 4 rings (SSSR count). The molecule has 7 heteroatoms. The van der Waals surface area contributed by atoms with Crippen molar-refractivity contribution >= 4 is 0 Å². The number of nitrogens with one attached hydrogen (secondary N) is 1. The third-order valence-electron chi connectivity index (χ3n) is 4.73. The number of aromatic amines is 1. The zero-order chi connectivity index (χ0) is 17.9. The van der Waals surface area contributed by atoms with Crippen LogP contribution in [0.4, 0.5) is 0 Å². The molecule has 3 aromatic rings. The number of ether oxygens (including phenoxy) is 1. The first-order chi connectivity index (χ1) is 12.7. The molecule has 0 saturated carbocycles. The Labute approximate surface area is 152 Å². The number of aliphatic hydroxyl groups excluding tert-OH is 1. The Morgan fingerprint density at radius 3 is 2.81 bits per heavy atom. The molecule has 2 N–H and O–H groups in total. The summed E-state index contributed by atoms with van der Waals surface area (Å²) in [4.78, 5) is 2.18. The highest BCUT2D eigenvalue weighted by molar-refractivity contribution is 5.18. The number of benzene rings is 1. The maximum Gasteiger partial charge on any atom is 0.157 e. The number of aryl methyl sites for hydroxylation is 1. The van der Waals surface area contributed by atoms with E-state index in [1.807, 2.05) is 42.2 Å². The van der Waals surface area contributed by atoms with Crippen LogP contribution in [0, 0.1) is 6.92 Å². The molecule has 1 saturated heterocycles. The predicted molar refractivity (Wildman–Crippen MR) is 96.8 cm³/mol. The molecule has 136 valence electrons. The average Bonchev–Trinajstić information content (AvgIpc) is 3.32. The number of rotatable bonds is 6. The fraction of sp³-hybridized carbons (Fsp3) is 0.368. The Morgan fingerprint density at radius 1 is 1.19 bits per heavy atom. The standard InChI is InChI=1S/C19H23N5O2/c1-14-16(7-20-22-14)10-23-12-18(25)19(13-23)26-17-8-21-24(11-17)9-15-5-3-2-4-6-15/h2-8,11,18-19,25H,9-10,12-13H2,1H3,(H,20,22)/t18-,19-/m1/s1. The maximum atomic E-state index is 10.3. The highest BCUT2D eigenvalue weighted by atomic mass is 16.5. The van der Waals surface area contributed by atoms with E-state index in [9.17, 15) is 5.11 Å². The fourth-order valence-corrected chi connectivity index (χ4v) is 3.29. The molecule has 2 atom stereocenters. The number of hydrogen-bond donors (Lipinski definition) is 2. The van der Waals surface area contributed by atoms with Crippen LogP contribution in [0.25, 0.3) is 0 Å². The molecule has 7 nitrogen and oxygen atoms in total. The summed E-state index contributed by atoms with van der Waals surface area (Å²) >= 11 is 0. The van der Waals surface area contributed by atoms with Gasteiger partial charge in [-0.3, -0.25) is 14.7 Å². The molecule has 1 aliphatic rings. The van der Waals surface area contributed by atoms with Crippen molar-refractivity contribution < 1.29 is 9.84 Å². The van der Waals surface area contributed by atoms with Crippen molar-refractivity contribution in [3.05, 3.63) is 65.7 Å². The molecule has 26 heavy (non-hydrogen) atoms. The van der Waals surface area contributed by atoms with Crippen molar-refractivity contribution in [2.45, 2.75) is 32.2 Å². The number of H-pyrrole nitrogens is 1. The smallest absolute Gasteiger partial charge is 0.157 e. The minimum atomic E-state index is -0.514. The second kappa shape index (κ2) is 7.31. The number of hydrogen-bond acceptors (Lipinski definition) is 5. The van der Waals surface area contributed by atoms with Crippen molar-refractivity contribution in [3.8, 4) is 5.75 Å². The lowest BCUT2D eigenvalue weighted by molar-refractivity contribution is 0.0736. The lowest BCUT2D eigenvalue weighted by atomic mass is 10.2. The van der Waals surface area contributed by atoms with Gasteiger partial charge in [-0.2, -0.15) is 10.2 Å². The molecule has 0 aliphatic carbocycles. The van der Waals surface area contributed by atoms with Gasteiger partial charge in [0.05, 0.1) is 25.1 Å². The van der Waals surface area contributed by atoms with Gasteiger partial charge in [0.2, 0.25) is 0 Å². The largest absolute Gasteiger partial charge is 0.483 e. The van der Waals surface area contributed by atoms with Gasteiger partial charge in [0.25, 0.3) is 0 Å². The van der Waals surface area contributed by atoms with E-state index in [4.69, 9.17) is 4.74 Å². The summed E-state index contributed by atoms with van der Waals surface area (Å²) in [5, 5.41) is 21.7. The van der Waals surface area contributed by atoms with Gasteiger partial charge in [0.1, 0.15) is 12.2 Å². The summed E-state index contributed by atoms with van der Waals surface area (Å²) in [6.07, 6.45) is 4.65. The van der Waals surface area contributed by atoms with Gasteiger partial charge in [0, 0.05) is 30.9 Å². The molecule has 0 spiro atoms. The molecule has 1 aliphatic heterocycles. The van der Waals surface area contributed by atoms with E-state index in [0.717, 1.165) is 17.8 Å². The first-order valence-corrected chi connectivity index (χ1v) is 8.79. The minimum Gasteiger partial charge on any atom is -0.483 e. The van der Waals surface area contributed by atoms with Crippen LogP contribution < -0.4 is 4.74 Å². The highest BCUT2D eigenvalue weighted by Gasteiger charge is 2.33. The molecule has 0 bridgehead atoms. The molecule has 3 heterocycles. The molecule has 0 amide bonds. The summed E-state index contributed by atoms with van der Waals surface area (Å²) in [6, 6.07) is 10.2. The third kappa shape index (κ3) is 3.79. The normalized spacial score (nSPS) is 20.5. The zero-order valence-electron chi connectivity index (χ0n) is 14.7. The highest BCUT2D eigenvalue weighted by Crippen LogP contribution is 2.21. The summed E-state index contributed by atoms with van der Waals surface area (Å²) < 4.78 is 7.83. The van der Waals surface area contributed by atoms with Crippen LogP contribution in [-0.4, -0.2) is 55.3 Å².